The average molecular weight is 321 g/mol. The van der Waals surface area contributed by atoms with E-state index in [-0.39, 0.29) is 25.1 Å². The zero-order valence-corrected chi connectivity index (χ0v) is 12.2. The van der Waals surface area contributed by atoms with Gasteiger partial charge in [0.15, 0.2) is 9.84 Å². The van der Waals surface area contributed by atoms with Crippen LogP contribution in [-0.2, 0) is 19.4 Å². The first-order chi connectivity index (χ1) is 9.72. The van der Waals surface area contributed by atoms with Crippen molar-refractivity contribution in [3.63, 3.8) is 0 Å². The molecule has 1 rings (SSSR count). The molecule has 9 nitrogen and oxygen atoms in total. The molecule has 0 radical (unpaired) electrons. The number of primary amides is 1. The highest BCUT2D eigenvalue weighted by Gasteiger charge is 2.31. The van der Waals surface area contributed by atoms with Crippen molar-refractivity contribution in [2.45, 2.75) is 37.0 Å². The van der Waals surface area contributed by atoms with Crippen LogP contribution in [0.2, 0.25) is 0 Å². The summed E-state index contributed by atoms with van der Waals surface area (Å²) in [6, 6.07) is -2.04. The summed E-state index contributed by atoms with van der Waals surface area (Å²) in [5, 5.41) is 12.8. The molecule has 1 saturated heterocycles. The van der Waals surface area contributed by atoms with E-state index in [4.69, 9.17) is 10.8 Å². The molecular formula is C11H19N3O6S. The third-order valence-corrected chi connectivity index (χ3v) is 5.51. The van der Waals surface area contributed by atoms with Crippen molar-refractivity contribution in [2.75, 3.05) is 12.3 Å². The van der Waals surface area contributed by atoms with Gasteiger partial charge in [-0.1, -0.05) is 0 Å². The van der Waals surface area contributed by atoms with Crippen LogP contribution in [0.5, 0.6) is 0 Å². The van der Waals surface area contributed by atoms with Gasteiger partial charge < -0.3 is 21.5 Å². The molecule has 21 heavy (non-hydrogen) atoms. The molecule has 2 unspecified atom stereocenters. The Bertz CT molecular complexity index is 518. The predicted octanol–water partition coefficient (Wildman–Crippen LogP) is -1.42. The van der Waals surface area contributed by atoms with Crippen LogP contribution in [0.1, 0.15) is 25.7 Å². The van der Waals surface area contributed by atoms with E-state index < -0.39 is 39.0 Å². The van der Waals surface area contributed by atoms with Crippen molar-refractivity contribution in [3.05, 3.63) is 0 Å². The maximum atomic E-state index is 11.6. The SMILES string of the molecule is NC(=O)CCC(NC(=O)NCC1CCCS1(=O)=O)C(=O)O. The van der Waals surface area contributed by atoms with Crippen molar-refractivity contribution in [3.8, 4) is 0 Å². The number of carbonyl (C=O) groups excluding carboxylic acids is 2. The van der Waals surface area contributed by atoms with Crippen molar-refractivity contribution in [1.29, 1.82) is 0 Å². The van der Waals surface area contributed by atoms with Gasteiger partial charge in [0.25, 0.3) is 0 Å². The molecule has 1 aliphatic rings. The van der Waals surface area contributed by atoms with E-state index in [9.17, 15) is 22.8 Å². The minimum atomic E-state index is -3.17. The fourth-order valence-electron chi connectivity index (χ4n) is 2.05. The number of carbonyl (C=O) groups is 3. The largest absolute Gasteiger partial charge is 0.480 e. The number of hydrogen-bond acceptors (Lipinski definition) is 5. The van der Waals surface area contributed by atoms with Crippen molar-refractivity contribution >= 4 is 27.7 Å². The zero-order valence-electron chi connectivity index (χ0n) is 11.4. The summed E-state index contributed by atoms with van der Waals surface area (Å²) in [6.45, 7) is -0.0592. The van der Waals surface area contributed by atoms with Crippen molar-refractivity contribution in [2.24, 2.45) is 5.73 Å². The van der Waals surface area contributed by atoms with Crippen LogP contribution in [0.15, 0.2) is 0 Å². The topological polar surface area (TPSA) is 156 Å². The Hall–Kier alpha value is -1.84. The van der Waals surface area contributed by atoms with Crippen LogP contribution in [-0.4, -0.2) is 55.0 Å². The Kier molecular flexibility index (Phi) is 5.94. The smallest absolute Gasteiger partial charge is 0.326 e. The van der Waals surface area contributed by atoms with Gasteiger partial charge in [0.2, 0.25) is 5.91 Å². The molecule has 10 heteroatoms. The van der Waals surface area contributed by atoms with Gasteiger partial charge in [0, 0.05) is 13.0 Å². The number of nitrogens with one attached hydrogen (secondary N) is 2. The second-order valence-corrected chi connectivity index (χ2v) is 7.28. The highest BCUT2D eigenvalue weighted by Crippen LogP contribution is 2.18. The number of carboxylic acid groups (broad SMARTS) is 1. The normalized spacial score (nSPS) is 21.4. The summed E-state index contributed by atoms with van der Waals surface area (Å²) in [5.41, 5.74) is 4.92. The Morgan fingerprint density at radius 3 is 2.48 bits per heavy atom. The van der Waals surface area contributed by atoms with Gasteiger partial charge in [-0.25, -0.2) is 18.0 Å². The lowest BCUT2D eigenvalue weighted by Crippen LogP contribution is -2.48. The highest BCUT2D eigenvalue weighted by atomic mass is 32.2. The molecular weight excluding hydrogens is 302 g/mol. The molecule has 0 saturated carbocycles. The van der Waals surface area contributed by atoms with E-state index in [1.165, 1.54) is 0 Å². The van der Waals surface area contributed by atoms with Crippen LogP contribution in [0, 0.1) is 0 Å². The van der Waals surface area contributed by atoms with Crippen molar-refractivity contribution < 1.29 is 27.9 Å². The summed E-state index contributed by atoms with van der Waals surface area (Å²) >= 11 is 0. The summed E-state index contributed by atoms with van der Waals surface area (Å²) in [6.07, 6.45) is 0.743. The van der Waals surface area contributed by atoms with Gasteiger partial charge in [0.05, 0.1) is 11.0 Å². The van der Waals surface area contributed by atoms with Crippen LogP contribution >= 0.6 is 0 Å². The maximum Gasteiger partial charge on any atom is 0.326 e. The molecule has 0 bridgehead atoms. The minimum absolute atomic E-state index is 0.0592. The van der Waals surface area contributed by atoms with Crippen LogP contribution in [0.4, 0.5) is 4.79 Å². The Morgan fingerprint density at radius 1 is 1.33 bits per heavy atom. The van der Waals surface area contributed by atoms with E-state index in [0.29, 0.717) is 12.8 Å². The molecule has 2 atom stereocenters. The highest BCUT2D eigenvalue weighted by molar-refractivity contribution is 7.92. The lowest BCUT2D eigenvalue weighted by atomic mass is 10.1. The maximum absolute atomic E-state index is 11.6. The fourth-order valence-corrected chi connectivity index (χ4v) is 3.81. The lowest BCUT2D eigenvalue weighted by Gasteiger charge is -2.16. The lowest BCUT2D eigenvalue weighted by molar-refractivity contribution is -0.139. The minimum Gasteiger partial charge on any atom is -0.480 e. The number of rotatable bonds is 7. The molecule has 1 aliphatic heterocycles. The van der Waals surface area contributed by atoms with Gasteiger partial charge in [0.1, 0.15) is 6.04 Å². The van der Waals surface area contributed by atoms with E-state index in [2.05, 4.69) is 10.6 Å². The average Bonchev–Trinajstić information content (AvgIpc) is 2.70. The van der Waals surface area contributed by atoms with Crippen LogP contribution < -0.4 is 16.4 Å². The van der Waals surface area contributed by atoms with Crippen molar-refractivity contribution in [1.82, 2.24) is 10.6 Å². The number of aliphatic carboxylic acids is 1. The summed E-state index contributed by atoms with van der Waals surface area (Å²) in [7, 11) is -3.17. The molecule has 1 fully saturated rings. The molecule has 1 heterocycles. The van der Waals surface area contributed by atoms with Crippen LogP contribution in [0.3, 0.4) is 0 Å². The number of nitrogens with two attached hydrogens (primary N) is 1. The monoisotopic (exact) mass is 321 g/mol. The van der Waals surface area contributed by atoms with Gasteiger partial charge in [-0.3, -0.25) is 4.79 Å². The molecule has 0 aromatic heterocycles. The van der Waals surface area contributed by atoms with Gasteiger partial charge in [-0.2, -0.15) is 0 Å². The van der Waals surface area contributed by atoms with E-state index >= 15 is 0 Å². The van der Waals surface area contributed by atoms with E-state index in [1.54, 1.807) is 0 Å². The number of sulfone groups is 1. The first-order valence-electron chi connectivity index (χ1n) is 6.49. The quantitative estimate of drug-likeness (QED) is 0.451. The molecule has 0 aliphatic carbocycles. The predicted molar refractivity (Wildman–Crippen MR) is 73.2 cm³/mol. The summed E-state index contributed by atoms with van der Waals surface area (Å²) < 4.78 is 23.1. The van der Waals surface area contributed by atoms with E-state index in [0.717, 1.165) is 0 Å². The first kappa shape index (κ1) is 17.2. The second-order valence-electron chi connectivity index (χ2n) is 4.88. The Morgan fingerprint density at radius 2 is 2.00 bits per heavy atom. The first-order valence-corrected chi connectivity index (χ1v) is 8.21. The molecule has 120 valence electrons. The number of carboxylic acids is 1. The molecule has 0 spiro atoms. The second kappa shape index (κ2) is 7.25. The number of amides is 3. The van der Waals surface area contributed by atoms with Gasteiger partial charge in [-0.15, -0.1) is 0 Å². The van der Waals surface area contributed by atoms with Crippen LogP contribution in [0.25, 0.3) is 0 Å². The third kappa shape index (κ3) is 5.58. The number of urea groups is 1. The summed E-state index contributed by atoms with van der Waals surface area (Å²) in [5.74, 6) is -1.85. The van der Waals surface area contributed by atoms with Gasteiger partial charge in [-0.05, 0) is 19.3 Å². The van der Waals surface area contributed by atoms with E-state index in [1.807, 2.05) is 0 Å². The fraction of sp³-hybridized carbons (Fsp3) is 0.727. The Balaban J connectivity index is 2.43. The zero-order chi connectivity index (χ0) is 16.0. The summed E-state index contributed by atoms with van der Waals surface area (Å²) in [4.78, 5) is 33.1. The Labute approximate surface area is 122 Å². The molecule has 0 aromatic rings. The third-order valence-electron chi connectivity index (χ3n) is 3.24. The van der Waals surface area contributed by atoms with Gasteiger partial charge >= 0.3 is 12.0 Å². The molecule has 5 N–H and O–H groups in total. The molecule has 0 aromatic carbocycles. The molecule has 3 amide bonds. The number of hydrogen-bond donors (Lipinski definition) is 4. The standard InChI is InChI=1S/C11H19N3O6S/c12-9(15)4-3-8(10(16)17)14-11(18)13-6-7-2-1-5-21(7,19)20/h7-8H,1-6H2,(H2,12,15)(H,16,17)(H2,13,14,18).